The third-order valence-electron chi connectivity index (χ3n) is 5.63. The van der Waals surface area contributed by atoms with Crippen LogP contribution in [0.25, 0.3) is 0 Å². The van der Waals surface area contributed by atoms with Gasteiger partial charge in [-0.3, -0.25) is 4.79 Å². The maximum absolute atomic E-state index is 12.4. The second kappa shape index (κ2) is 9.07. The van der Waals surface area contributed by atoms with Crippen molar-refractivity contribution in [1.29, 1.82) is 0 Å². The van der Waals surface area contributed by atoms with E-state index in [4.69, 9.17) is 37.4 Å². The van der Waals surface area contributed by atoms with E-state index in [0.29, 0.717) is 37.9 Å². The number of alkyl halides is 2. The molecule has 140 valence electrons. The van der Waals surface area contributed by atoms with Gasteiger partial charge in [-0.05, 0) is 31.1 Å². The Bertz CT molecular complexity index is 412. The lowest BCUT2D eigenvalue weighted by atomic mass is 9.75. The molecular formula is C18H30Cl2O4. The largest absolute Gasteiger partial charge is 0.465 e. The van der Waals surface area contributed by atoms with E-state index >= 15 is 0 Å². The maximum Gasteiger partial charge on any atom is 0.310 e. The van der Waals surface area contributed by atoms with Gasteiger partial charge in [0.25, 0.3) is 0 Å². The van der Waals surface area contributed by atoms with Gasteiger partial charge < -0.3 is 14.2 Å². The van der Waals surface area contributed by atoms with Crippen LogP contribution in [0.3, 0.4) is 0 Å². The minimum atomic E-state index is -0.593. The smallest absolute Gasteiger partial charge is 0.310 e. The van der Waals surface area contributed by atoms with Gasteiger partial charge in [0.15, 0.2) is 5.79 Å². The molecule has 1 saturated carbocycles. The molecule has 2 fully saturated rings. The molecule has 1 saturated heterocycles. The van der Waals surface area contributed by atoms with Gasteiger partial charge in [0.2, 0.25) is 0 Å². The second-order valence-electron chi connectivity index (χ2n) is 7.04. The molecule has 0 aromatic heterocycles. The van der Waals surface area contributed by atoms with Crippen LogP contribution in [0.15, 0.2) is 0 Å². The maximum atomic E-state index is 12.4. The zero-order valence-corrected chi connectivity index (χ0v) is 16.4. The number of esters is 1. The van der Waals surface area contributed by atoms with Crippen molar-refractivity contribution in [2.75, 3.05) is 19.8 Å². The molecule has 0 aromatic carbocycles. The van der Waals surface area contributed by atoms with Crippen LogP contribution in [-0.2, 0) is 19.0 Å². The molecule has 4 nitrogen and oxygen atoms in total. The van der Waals surface area contributed by atoms with Gasteiger partial charge in [-0.1, -0.05) is 27.2 Å². The van der Waals surface area contributed by atoms with E-state index in [1.54, 1.807) is 0 Å². The standard InChI is InChI=1S/C18H30Cl2O4/c1-4-12(3)13-10-16(20)14(11-15(13)19)17(21)22-7-6-18(5-2)23-8-9-24-18/h12-16H,4-11H2,1-3H3. The van der Waals surface area contributed by atoms with Crippen LogP contribution < -0.4 is 0 Å². The molecule has 0 aromatic rings. The lowest BCUT2D eigenvalue weighted by molar-refractivity contribution is -0.177. The number of rotatable bonds is 7. The first kappa shape index (κ1) is 20.3. The van der Waals surface area contributed by atoms with Crippen molar-refractivity contribution in [3.05, 3.63) is 0 Å². The molecule has 0 radical (unpaired) electrons. The quantitative estimate of drug-likeness (QED) is 0.486. The Kier molecular flexibility index (Phi) is 7.66. The van der Waals surface area contributed by atoms with Crippen LogP contribution in [-0.4, -0.2) is 42.3 Å². The Labute approximate surface area is 155 Å². The Morgan fingerprint density at radius 2 is 1.88 bits per heavy atom. The molecule has 0 spiro atoms. The zero-order chi connectivity index (χ0) is 17.7. The Morgan fingerprint density at radius 3 is 2.46 bits per heavy atom. The number of hydrogen-bond acceptors (Lipinski definition) is 4. The summed E-state index contributed by atoms with van der Waals surface area (Å²) in [7, 11) is 0. The number of carbonyl (C=O) groups is 1. The Balaban J connectivity index is 1.82. The van der Waals surface area contributed by atoms with Crippen molar-refractivity contribution in [3.8, 4) is 0 Å². The molecule has 0 N–H and O–H groups in total. The van der Waals surface area contributed by atoms with Crippen molar-refractivity contribution in [1.82, 2.24) is 0 Å². The van der Waals surface area contributed by atoms with Crippen LogP contribution in [0.2, 0.25) is 0 Å². The van der Waals surface area contributed by atoms with Crippen LogP contribution in [0, 0.1) is 17.8 Å². The summed E-state index contributed by atoms with van der Waals surface area (Å²) in [5.41, 5.74) is 0. The average molecular weight is 381 g/mol. The van der Waals surface area contributed by atoms with Crippen LogP contribution in [0.5, 0.6) is 0 Å². The van der Waals surface area contributed by atoms with Gasteiger partial charge in [0.1, 0.15) is 0 Å². The zero-order valence-electron chi connectivity index (χ0n) is 14.9. The average Bonchev–Trinajstić information content (AvgIpc) is 3.05. The van der Waals surface area contributed by atoms with E-state index < -0.39 is 5.79 Å². The molecule has 5 unspecified atom stereocenters. The van der Waals surface area contributed by atoms with Crippen molar-refractivity contribution in [2.45, 2.75) is 69.4 Å². The minimum absolute atomic E-state index is 0.0176. The molecule has 1 aliphatic carbocycles. The van der Waals surface area contributed by atoms with Gasteiger partial charge in [-0.15, -0.1) is 23.2 Å². The third-order valence-corrected chi connectivity index (χ3v) is 6.62. The Hall–Kier alpha value is -0.0300. The molecule has 24 heavy (non-hydrogen) atoms. The monoisotopic (exact) mass is 380 g/mol. The van der Waals surface area contributed by atoms with E-state index in [1.807, 2.05) is 6.92 Å². The molecular weight excluding hydrogens is 351 g/mol. The molecule has 5 atom stereocenters. The van der Waals surface area contributed by atoms with E-state index in [9.17, 15) is 4.79 Å². The Morgan fingerprint density at radius 1 is 1.21 bits per heavy atom. The predicted molar refractivity (Wildman–Crippen MR) is 95.5 cm³/mol. The van der Waals surface area contributed by atoms with Gasteiger partial charge in [0, 0.05) is 17.2 Å². The van der Waals surface area contributed by atoms with Gasteiger partial charge >= 0.3 is 5.97 Å². The van der Waals surface area contributed by atoms with Crippen LogP contribution in [0.4, 0.5) is 0 Å². The topological polar surface area (TPSA) is 44.8 Å². The van der Waals surface area contributed by atoms with E-state index in [1.165, 1.54) is 0 Å². The lowest BCUT2D eigenvalue weighted by Gasteiger charge is -2.38. The molecule has 2 rings (SSSR count). The van der Waals surface area contributed by atoms with E-state index in [-0.39, 0.29) is 29.2 Å². The highest BCUT2D eigenvalue weighted by Gasteiger charge is 2.42. The van der Waals surface area contributed by atoms with E-state index in [2.05, 4.69) is 13.8 Å². The minimum Gasteiger partial charge on any atom is -0.465 e. The molecule has 0 bridgehead atoms. The summed E-state index contributed by atoms with van der Waals surface area (Å²) in [5.74, 6) is -0.271. The molecule has 6 heteroatoms. The highest BCUT2D eigenvalue weighted by molar-refractivity contribution is 6.23. The molecule has 2 aliphatic rings. The molecule has 1 heterocycles. The summed E-state index contributed by atoms with van der Waals surface area (Å²) in [6.45, 7) is 7.85. The second-order valence-corrected chi connectivity index (χ2v) is 8.16. The first-order valence-electron chi connectivity index (χ1n) is 9.15. The summed E-state index contributed by atoms with van der Waals surface area (Å²) in [4.78, 5) is 12.4. The van der Waals surface area contributed by atoms with Crippen molar-refractivity contribution in [2.24, 2.45) is 17.8 Å². The molecule has 0 amide bonds. The van der Waals surface area contributed by atoms with E-state index in [0.717, 1.165) is 19.3 Å². The fraction of sp³-hybridized carbons (Fsp3) is 0.944. The summed E-state index contributed by atoms with van der Waals surface area (Å²) in [5, 5.41) is -0.221. The first-order chi connectivity index (χ1) is 11.4. The lowest BCUT2D eigenvalue weighted by Crippen LogP contribution is -2.41. The SMILES string of the molecule is CCC(C)C1CC(Cl)C(C(=O)OCCC2(CC)OCCO2)CC1Cl. The van der Waals surface area contributed by atoms with Crippen molar-refractivity contribution < 1.29 is 19.0 Å². The number of ether oxygens (including phenoxy) is 3. The third kappa shape index (κ3) is 4.78. The number of carbonyl (C=O) groups excluding carboxylic acids is 1. The first-order valence-corrected chi connectivity index (χ1v) is 10.0. The highest BCUT2D eigenvalue weighted by Crippen LogP contribution is 2.41. The number of halogens is 2. The van der Waals surface area contributed by atoms with Gasteiger partial charge in [-0.25, -0.2) is 0 Å². The summed E-state index contributed by atoms with van der Waals surface area (Å²) in [6.07, 6.45) is 3.73. The fourth-order valence-electron chi connectivity index (χ4n) is 3.71. The molecule has 1 aliphatic heterocycles. The van der Waals surface area contributed by atoms with Crippen LogP contribution in [0.1, 0.15) is 52.9 Å². The van der Waals surface area contributed by atoms with Gasteiger partial charge in [0.05, 0.1) is 25.7 Å². The normalized spacial score (nSPS) is 34.0. The fourth-order valence-corrected chi connectivity index (χ4v) is 4.66. The van der Waals surface area contributed by atoms with Crippen molar-refractivity contribution in [3.63, 3.8) is 0 Å². The van der Waals surface area contributed by atoms with Crippen LogP contribution >= 0.6 is 23.2 Å². The highest BCUT2D eigenvalue weighted by atomic mass is 35.5. The summed E-state index contributed by atoms with van der Waals surface area (Å²) >= 11 is 13.0. The number of hydrogen-bond donors (Lipinski definition) is 0. The van der Waals surface area contributed by atoms with Gasteiger partial charge in [-0.2, -0.15) is 0 Å². The summed E-state index contributed by atoms with van der Waals surface area (Å²) < 4.78 is 16.8. The predicted octanol–water partition coefficient (Wildman–Crippen LogP) is 4.36. The van der Waals surface area contributed by atoms with Crippen molar-refractivity contribution >= 4 is 29.2 Å². The summed E-state index contributed by atoms with van der Waals surface area (Å²) in [6, 6.07) is 0.